The molecule has 0 aliphatic rings. The lowest BCUT2D eigenvalue weighted by Gasteiger charge is -2.06. The summed E-state index contributed by atoms with van der Waals surface area (Å²) < 4.78 is 31.7. The Labute approximate surface area is 102 Å². The molecule has 92 valence electrons. The van der Waals surface area contributed by atoms with Crippen molar-refractivity contribution in [3.8, 4) is 11.1 Å². The number of rotatable bonds is 2. The third kappa shape index (κ3) is 2.20. The van der Waals surface area contributed by atoms with Gasteiger partial charge in [0.2, 0.25) is 0 Å². The van der Waals surface area contributed by atoms with Crippen LogP contribution >= 0.6 is 0 Å². The van der Waals surface area contributed by atoms with Crippen molar-refractivity contribution in [3.63, 3.8) is 0 Å². The van der Waals surface area contributed by atoms with Crippen LogP contribution in [0.3, 0.4) is 0 Å². The molecule has 0 spiro atoms. The molecule has 0 saturated heterocycles. The van der Waals surface area contributed by atoms with Crippen LogP contribution in [-0.4, -0.2) is 18.1 Å². The van der Waals surface area contributed by atoms with E-state index in [1.54, 1.807) is 18.3 Å². The van der Waals surface area contributed by atoms with Gasteiger partial charge in [0.05, 0.1) is 7.11 Å². The molecule has 1 aromatic carbocycles. The summed E-state index contributed by atoms with van der Waals surface area (Å²) in [5.41, 5.74) is 0.183. The number of nitrogens with zero attached hydrogens (tertiary/aromatic N) is 1. The molecule has 0 N–H and O–H groups in total. The molecule has 2 aromatic rings. The van der Waals surface area contributed by atoms with Gasteiger partial charge in [-0.25, -0.2) is 13.6 Å². The highest BCUT2D eigenvalue weighted by atomic mass is 19.1. The van der Waals surface area contributed by atoms with Crippen molar-refractivity contribution >= 4 is 5.97 Å². The van der Waals surface area contributed by atoms with Gasteiger partial charge in [0, 0.05) is 18.0 Å². The van der Waals surface area contributed by atoms with Gasteiger partial charge >= 0.3 is 5.97 Å². The number of ether oxygens (including phenoxy) is 1. The van der Waals surface area contributed by atoms with Crippen LogP contribution in [0.15, 0.2) is 36.7 Å². The highest BCUT2D eigenvalue weighted by Crippen LogP contribution is 2.24. The number of pyridine rings is 1. The molecule has 1 aromatic heterocycles. The van der Waals surface area contributed by atoms with Crippen LogP contribution in [0.4, 0.5) is 8.78 Å². The van der Waals surface area contributed by atoms with E-state index in [1.807, 2.05) is 0 Å². The zero-order valence-electron chi connectivity index (χ0n) is 9.48. The number of benzene rings is 1. The number of aromatic nitrogens is 1. The summed E-state index contributed by atoms with van der Waals surface area (Å²) in [6.07, 6.45) is 3.03. The van der Waals surface area contributed by atoms with E-state index in [1.165, 1.54) is 6.20 Å². The first-order chi connectivity index (χ1) is 8.63. The van der Waals surface area contributed by atoms with Crippen LogP contribution in [0.1, 0.15) is 10.4 Å². The molecule has 0 bridgehead atoms. The molecule has 0 aliphatic heterocycles. The first kappa shape index (κ1) is 12.2. The minimum absolute atomic E-state index is 0.311. The van der Waals surface area contributed by atoms with Crippen molar-refractivity contribution in [2.45, 2.75) is 0 Å². The number of halogens is 2. The minimum Gasteiger partial charge on any atom is -0.465 e. The molecule has 3 nitrogen and oxygen atoms in total. The average molecular weight is 249 g/mol. The lowest BCUT2D eigenvalue weighted by Crippen LogP contribution is -2.08. The van der Waals surface area contributed by atoms with Crippen molar-refractivity contribution in [2.75, 3.05) is 7.11 Å². The van der Waals surface area contributed by atoms with E-state index in [4.69, 9.17) is 0 Å². The summed E-state index contributed by atoms with van der Waals surface area (Å²) >= 11 is 0. The fourth-order valence-corrected chi connectivity index (χ4v) is 1.57. The minimum atomic E-state index is -1.04. The van der Waals surface area contributed by atoms with Crippen LogP contribution in [0, 0.1) is 11.6 Å². The van der Waals surface area contributed by atoms with Gasteiger partial charge in [-0.2, -0.15) is 0 Å². The summed E-state index contributed by atoms with van der Waals surface area (Å²) in [7, 11) is 1.07. The third-order valence-electron chi connectivity index (χ3n) is 2.43. The van der Waals surface area contributed by atoms with Crippen molar-refractivity contribution < 1.29 is 18.3 Å². The van der Waals surface area contributed by atoms with Gasteiger partial charge in [0.1, 0.15) is 17.2 Å². The highest BCUT2D eigenvalue weighted by Gasteiger charge is 2.19. The van der Waals surface area contributed by atoms with Gasteiger partial charge < -0.3 is 4.74 Å². The number of carbonyl (C=O) groups is 1. The van der Waals surface area contributed by atoms with Crippen molar-refractivity contribution in [1.82, 2.24) is 4.98 Å². The Morgan fingerprint density at radius 1 is 1.22 bits per heavy atom. The van der Waals surface area contributed by atoms with E-state index >= 15 is 0 Å². The zero-order chi connectivity index (χ0) is 13.1. The molecule has 1 heterocycles. The maximum atomic E-state index is 13.7. The predicted octanol–water partition coefficient (Wildman–Crippen LogP) is 2.81. The molecule has 0 saturated carbocycles. The molecule has 2 rings (SSSR count). The number of esters is 1. The van der Waals surface area contributed by atoms with E-state index in [0.717, 1.165) is 19.2 Å². The Morgan fingerprint density at radius 3 is 2.39 bits per heavy atom. The molecule has 0 aliphatic carbocycles. The van der Waals surface area contributed by atoms with Crippen LogP contribution in [0.5, 0.6) is 0 Å². The van der Waals surface area contributed by atoms with E-state index in [-0.39, 0.29) is 0 Å². The topological polar surface area (TPSA) is 39.2 Å². The molecular weight excluding hydrogens is 240 g/mol. The molecule has 18 heavy (non-hydrogen) atoms. The quantitative estimate of drug-likeness (QED) is 0.768. The molecule has 0 atom stereocenters. The standard InChI is InChI=1S/C13H9F2NO2/c1-18-13(17)12-10(14)5-9(6-11(12)15)8-3-2-4-16-7-8/h2-7H,1H3. The van der Waals surface area contributed by atoms with Crippen molar-refractivity contribution in [2.24, 2.45) is 0 Å². The summed E-state index contributed by atoms with van der Waals surface area (Å²) in [5, 5.41) is 0. The van der Waals surface area contributed by atoms with Crippen LogP contribution < -0.4 is 0 Å². The monoisotopic (exact) mass is 249 g/mol. The summed E-state index contributed by atoms with van der Waals surface area (Å²) in [6, 6.07) is 5.47. The second kappa shape index (κ2) is 4.91. The second-order valence-electron chi connectivity index (χ2n) is 3.55. The molecule has 0 fully saturated rings. The van der Waals surface area contributed by atoms with Gasteiger partial charge in [0.25, 0.3) is 0 Å². The smallest absolute Gasteiger partial charge is 0.343 e. The Balaban J connectivity index is 2.53. The van der Waals surface area contributed by atoms with Crippen LogP contribution in [0.25, 0.3) is 11.1 Å². The fourth-order valence-electron chi connectivity index (χ4n) is 1.57. The van der Waals surface area contributed by atoms with E-state index in [2.05, 4.69) is 9.72 Å². The molecule has 5 heteroatoms. The number of hydrogen-bond donors (Lipinski definition) is 0. The number of methoxy groups -OCH3 is 1. The predicted molar refractivity (Wildman–Crippen MR) is 60.9 cm³/mol. The van der Waals surface area contributed by atoms with Crippen LogP contribution in [-0.2, 0) is 4.74 Å². The largest absolute Gasteiger partial charge is 0.465 e. The Hall–Kier alpha value is -2.30. The van der Waals surface area contributed by atoms with Gasteiger partial charge in [0.15, 0.2) is 0 Å². The fraction of sp³-hybridized carbons (Fsp3) is 0.0769. The van der Waals surface area contributed by atoms with Gasteiger partial charge in [-0.3, -0.25) is 4.98 Å². The average Bonchev–Trinajstić information content (AvgIpc) is 2.38. The highest BCUT2D eigenvalue weighted by molar-refractivity contribution is 5.90. The SMILES string of the molecule is COC(=O)c1c(F)cc(-c2cccnc2)cc1F. The van der Waals surface area contributed by atoms with Gasteiger partial charge in [-0.1, -0.05) is 6.07 Å². The zero-order valence-corrected chi connectivity index (χ0v) is 9.48. The van der Waals surface area contributed by atoms with Crippen molar-refractivity contribution in [1.29, 1.82) is 0 Å². The summed E-state index contributed by atoms with van der Waals surface area (Å²) in [6.45, 7) is 0. The molecule has 0 radical (unpaired) electrons. The molecular formula is C13H9F2NO2. The Kier molecular flexibility index (Phi) is 3.32. The first-order valence-electron chi connectivity index (χ1n) is 5.11. The lowest BCUT2D eigenvalue weighted by atomic mass is 10.0. The van der Waals surface area contributed by atoms with E-state index in [9.17, 15) is 13.6 Å². The third-order valence-corrected chi connectivity index (χ3v) is 2.43. The number of carbonyl (C=O) groups excluding carboxylic acids is 1. The van der Waals surface area contributed by atoms with Gasteiger partial charge in [-0.15, -0.1) is 0 Å². The van der Waals surface area contributed by atoms with Crippen LogP contribution in [0.2, 0.25) is 0 Å². The van der Waals surface area contributed by atoms with E-state index < -0.39 is 23.2 Å². The number of hydrogen-bond acceptors (Lipinski definition) is 3. The maximum absolute atomic E-state index is 13.7. The van der Waals surface area contributed by atoms with E-state index in [0.29, 0.717) is 11.1 Å². The molecule has 0 unspecified atom stereocenters. The Bertz CT molecular complexity index is 562. The normalized spacial score (nSPS) is 10.2. The second-order valence-corrected chi connectivity index (χ2v) is 3.55. The van der Waals surface area contributed by atoms with Gasteiger partial charge in [-0.05, 0) is 23.8 Å². The molecule has 0 amide bonds. The lowest BCUT2D eigenvalue weighted by molar-refractivity contribution is 0.0590. The summed E-state index contributed by atoms with van der Waals surface area (Å²) in [4.78, 5) is 15.0. The summed E-state index contributed by atoms with van der Waals surface area (Å²) in [5.74, 6) is -2.95. The van der Waals surface area contributed by atoms with Crippen molar-refractivity contribution in [3.05, 3.63) is 53.9 Å². The Morgan fingerprint density at radius 2 is 1.89 bits per heavy atom. The first-order valence-corrected chi connectivity index (χ1v) is 5.11. The maximum Gasteiger partial charge on any atom is 0.343 e.